The predicted octanol–water partition coefficient (Wildman–Crippen LogP) is 17.3. The van der Waals surface area contributed by atoms with Crippen LogP contribution in [0.15, 0.2) is 207 Å². The number of aliphatic hydroxyl groups is 1. The lowest BCUT2D eigenvalue weighted by Gasteiger charge is -2.45. The Kier molecular flexibility index (Phi) is 38.5. The molecule has 6 aromatic rings. The Morgan fingerprint density at radius 3 is 1.18 bits per heavy atom. The summed E-state index contributed by atoms with van der Waals surface area (Å²) in [7, 11) is 2.93. The Labute approximate surface area is 734 Å². The van der Waals surface area contributed by atoms with Crippen LogP contribution in [0.4, 0.5) is 9.59 Å². The van der Waals surface area contributed by atoms with Gasteiger partial charge in [-0.2, -0.15) is 0 Å². The quantitative estimate of drug-likeness (QED) is 0.0221. The molecule has 4 unspecified atom stereocenters. The van der Waals surface area contributed by atoms with Crippen LogP contribution in [0.1, 0.15) is 175 Å². The molecule has 0 saturated carbocycles. The Morgan fingerprint density at radius 2 is 0.828 bits per heavy atom. The van der Waals surface area contributed by atoms with Gasteiger partial charge in [-0.25, -0.2) is 19.4 Å². The molecule has 1 N–H and O–H groups in total. The lowest BCUT2D eigenvalue weighted by Crippen LogP contribution is -2.66. The highest BCUT2D eigenvalue weighted by molar-refractivity contribution is 7.00. The second-order valence-electron chi connectivity index (χ2n) is 37.6. The summed E-state index contributed by atoms with van der Waals surface area (Å²) in [5.74, 6) is -5.25. The van der Waals surface area contributed by atoms with Gasteiger partial charge in [0.05, 0.1) is 54.4 Å². The van der Waals surface area contributed by atoms with E-state index < -0.39 is 101 Å². The van der Waals surface area contributed by atoms with Crippen LogP contribution >= 0.6 is 0 Å². The van der Waals surface area contributed by atoms with Crippen molar-refractivity contribution in [1.29, 1.82) is 0 Å². The molecule has 122 heavy (non-hydrogen) atoms. The van der Waals surface area contributed by atoms with Crippen molar-refractivity contribution >= 4 is 72.9 Å². The monoisotopic (exact) mass is 1710 g/mol. The third-order valence-corrected chi connectivity index (χ3v) is 35.8. The minimum absolute atomic E-state index is 0. The van der Waals surface area contributed by atoms with Crippen molar-refractivity contribution in [3.63, 3.8) is 0 Å². The van der Waals surface area contributed by atoms with Crippen LogP contribution in [0.25, 0.3) is 0 Å². The third kappa shape index (κ3) is 25.3. The number of imide groups is 2. The van der Waals surface area contributed by atoms with Gasteiger partial charge in [0.15, 0.2) is 6.29 Å². The average molecular weight is 1710 g/mol. The summed E-state index contributed by atoms with van der Waals surface area (Å²) in [4.78, 5) is 88.7. The number of carbonyl (C=O) groups is 6. The second kappa shape index (κ2) is 46.4. The van der Waals surface area contributed by atoms with Crippen LogP contribution in [0.3, 0.4) is 0 Å². The second-order valence-corrected chi connectivity index (χ2v) is 46.2. The van der Waals surface area contributed by atoms with Crippen molar-refractivity contribution < 1.29 is 66.4 Å². The number of ether oxygens (including phenoxy) is 5. The molecule has 4 heterocycles. The van der Waals surface area contributed by atoms with E-state index in [9.17, 15) is 33.9 Å². The number of hydrogen-bond acceptors (Lipinski definition) is 16. The molecule has 0 bridgehead atoms. The number of carbonyl (C=O) groups excluding carboxylic acids is 6. The van der Waals surface area contributed by atoms with Gasteiger partial charge in [-0.15, -0.1) is 13.2 Å². The number of amides is 4. The number of aliphatic hydroxyl groups excluding tert-OH is 1. The van der Waals surface area contributed by atoms with Crippen LogP contribution in [0.2, 0.25) is 10.1 Å². The Bertz CT molecular complexity index is 4150. The topological polar surface area (TPSA) is 200 Å². The number of allylic oxidation sites excluding steroid dienone is 2. The van der Waals surface area contributed by atoms with Crippen molar-refractivity contribution in [3.05, 3.63) is 218 Å². The number of benzene rings is 6. The molecule has 20 atom stereocenters. The van der Waals surface area contributed by atoms with Gasteiger partial charge in [-0.05, 0) is 186 Å². The lowest BCUT2D eigenvalue weighted by atomic mass is 9.79. The molecule has 668 valence electrons. The molecule has 0 spiro atoms. The van der Waals surface area contributed by atoms with E-state index >= 15 is 0 Å². The van der Waals surface area contributed by atoms with Crippen molar-refractivity contribution in [2.45, 2.75) is 248 Å². The number of ketones is 2. The van der Waals surface area contributed by atoms with E-state index in [-0.39, 0.29) is 78.2 Å². The molecular weight excluding hydrogens is 1560 g/mol. The predicted molar refractivity (Wildman–Crippen MR) is 497 cm³/mol. The van der Waals surface area contributed by atoms with Crippen molar-refractivity contribution in [2.75, 3.05) is 54.6 Å². The highest BCUT2D eigenvalue weighted by Crippen LogP contribution is 2.42. The van der Waals surface area contributed by atoms with Gasteiger partial charge in [-0.1, -0.05) is 285 Å². The van der Waals surface area contributed by atoms with Gasteiger partial charge in [0.1, 0.15) is 24.8 Å². The molecule has 4 aliphatic rings. The molecular formula is C102H148N4O14Si2. The van der Waals surface area contributed by atoms with Crippen LogP contribution < -0.4 is 20.7 Å². The summed E-state index contributed by atoms with van der Waals surface area (Å²) in [5.41, 5.74) is 1.94. The molecule has 4 amide bonds. The van der Waals surface area contributed by atoms with E-state index in [1.807, 2.05) is 97.9 Å². The minimum Gasteiger partial charge on any atom is -0.447 e. The van der Waals surface area contributed by atoms with E-state index in [1.165, 1.54) is 34.1 Å². The largest absolute Gasteiger partial charge is 0.447 e. The zero-order valence-corrected chi connectivity index (χ0v) is 78.5. The summed E-state index contributed by atoms with van der Waals surface area (Å²) >= 11 is 0. The van der Waals surface area contributed by atoms with Crippen LogP contribution in [0.5, 0.6) is 0 Å². The molecule has 20 heteroatoms. The van der Waals surface area contributed by atoms with Gasteiger partial charge in [0.2, 0.25) is 11.8 Å². The Balaban J connectivity index is 0.000000297. The maximum Gasteiger partial charge on any atom is 0.417 e. The zero-order valence-electron chi connectivity index (χ0n) is 76.5. The number of cyclic esters (lactones) is 2. The van der Waals surface area contributed by atoms with E-state index in [0.29, 0.717) is 75.9 Å². The van der Waals surface area contributed by atoms with Gasteiger partial charge in [0, 0.05) is 43.1 Å². The highest BCUT2D eigenvalue weighted by atomic mass is 28.4. The van der Waals surface area contributed by atoms with Gasteiger partial charge in [0.25, 0.3) is 16.6 Å². The first-order valence-corrected chi connectivity index (χ1v) is 48.0. The SMILES string of the molecule is C.C=CC[C@@H](C[C@@H](C)CO[Si](c1ccccc1)(c1ccccc1)C(C)(C)C)[C@H](O)[C@@H](C)C(=O)C(C)C(=O)N1C(=O)OC[C@H]1Cc1ccccc1.C=CC[C@@H](C[C@@H](C)CO[Si](c1ccccc1)(c1ccccc1)C(C)(C)C)[C@H](O[C@@H]1O[C@H](C)CC(N(C)C)[C@H]1C)[C@@H](C)C(=O)C(C)C(=O)N1C(=O)OC[C@H]1Cc1ccccc1.C[C@@H]1CC(N(C)C)[C@@H](C)[C@H](C)O1. The van der Waals surface area contributed by atoms with Gasteiger partial charge >= 0.3 is 12.2 Å². The molecule has 4 fully saturated rings. The maximum absolute atomic E-state index is 14.7. The molecule has 18 nitrogen and oxygen atoms in total. The number of Topliss-reactive ketones (excluding diaryl/α,β-unsaturated/α-hetero) is 2. The summed E-state index contributed by atoms with van der Waals surface area (Å²) in [6, 6.07) is 61.4. The number of nitrogens with zero attached hydrogens (tertiary/aromatic N) is 4. The first-order valence-electron chi connectivity index (χ1n) is 44.2. The fraction of sp³-hybridized carbons (Fsp3) is 0.549. The summed E-state index contributed by atoms with van der Waals surface area (Å²) in [6.07, 6.45) is 6.05. The molecule has 0 radical (unpaired) electrons. The van der Waals surface area contributed by atoms with Crippen LogP contribution in [-0.2, 0) is 64.6 Å². The van der Waals surface area contributed by atoms with E-state index in [0.717, 1.165) is 27.3 Å². The number of rotatable bonds is 36. The van der Waals surface area contributed by atoms with Gasteiger partial charge < -0.3 is 47.4 Å². The van der Waals surface area contributed by atoms with E-state index in [2.05, 4.69) is 238 Å². The van der Waals surface area contributed by atoms with E-state index in [4.69, 9.17) is 32.5 Å². The lowest BCUT2D eigenvalue weighted by molar-refractivity contribution is -0.260. The summed E-state index contributed by atoms with van der Waals surface area (Å²) < 4.78 is 44.5. The molecule has 10 rings (SSSR count). The summed E-state index contributed by atoms with van der Waals surface area (Å²) in [5, 5.41) is 16.1. The van der Waals surface area contributed by atoms with Crippen molar-refractivity contribution in [3.8, 4) is 0 Å². The van der Waals surface area contributed by atoms with Crippen molar-refractivity contribution in [2.24, 2.45) is 59.2 Å². The van der Waals surface area contributed by atoms with Crippen LogP contribution in [-0.4, -0.2) is 193 Å². The highest BCUT2D eigenvalue weighted by Gasteiger charge is 2.54. The molecule has 4 saturated heterocycles. The summed E-state index contributed by atoms with van der Waals surface area (Å²) in [6.45, 7) is 44.6. The van der Waals surface area contributed by atoms with Crippen molar-refractivity contribution in [1.82, 2.24) is 19.6 Å². The van der Waals surface area contributed by atoms with Gasteiger partial charge in [-0.3, -0.25) is 19.2 Å². The fourth-order valence-electron chi connectivity index (χ4n) is 19.0. The first-order chi connectivity index (χ1) is 57.3. The Morgan fingerprint density at radius 1 is 0.500 bits per heavy atom. The first kappa shape index (κ1) is 101. The number of hydrogen-bond donors (Lipinski definition) is 1. The third-order valence-electron chi connectivity index (χ3n) is 25.8. The fourth-order valence-corrected chi connectivity index (χ4v) is 28.4. The molecule has 0 aliphatic carbocycles. The smallest absolute Gasteiger partial charge is 0.417 e. The average Bonchev–Trinajstić information content (AvgIpc) is 0.999. The zero-order chi connectivity index (χ0) is 88.8. The Hall–Kier alpha value is -7.87. The standard InChI is InChI=1S/C50H70N2O7Si.C41H53NO6Si.C10H21NO.CH4/c1-12-22-40(29-34(2)32-57-60(50(7,8)9,42-25-18-14-19-26-42)43-27-20-15-21-28-43)46(59-48-36(4)44(51(10)11)30-35(3)58-48)37(5)45(53)38(6)47(54)52-41(33-56-49(52)55)31-39-23-16-13-17-24-39;1-8-18-33(25-29(2)27-48-49(41(5,6)7,35-21-14-10-15-22-35)36-23-16-11-17-24-36)38(44)30(3)37(43)31(4)39(45)42-34(28-47-40(42)46)26-32-19-12-9-13-20-32;1-7-6-10(11(4)5)8(2)9(3)12-7;/h12-21,23-28,34-38,40-41,44,46,48H,1,22,29-33H2,2-11H3;8-17,19-24,29-31,33-34,38,44H,1,18,25-28H2,2-7H3;7-10H,6H2,1-5H3;1H4/t34-,35-,36-,37+,38?,40+,41-,44?,46-,48+;29-,30+,31?,33+,34-,38-;7-,8+,9+,10?;/m111./s1. The van der Waals surface area contributed by atoms with Crippen LogP contribution in [0, 0.1) is 59.2 Å². The molecule has 4 aliphatic heterocycles. The molecule has 6 aromatic carbocycles. The van der Waals surface area contributed by atoms with E-state index in [1.54, 1.807) is 19.9 Å². The molecule has 0 aromatic heterocycles. The minimum atomic E-state index is -2.81. The maximum atomic E-state index is 14.7. The normalized spacial score (nSPS) is 23.2.